The van der Waals surface area contributed by atoms with Crippen molar-refractivity contribution >= 4 is 29.0 Å². The zero-order valence-corrected chi connectivity index (χ0v) is 16.8. The number of hydrogen-bond donors (Lipinski definition) is 2. The molecular formula is C22H26N4O3. The van der Waals surface area contributed by atoms with Gasteiger partial charge in [0.15, 0.2) is 5.78 Å². The number of anilines is 2. The highest BCUT2D eigenvalue weighted by molar-refractivity contribution is 5.97. The minimum Gasteiger partial charge on any atom is -0.369 e. The quantitative estimate of drug-likeness (QED) is 0.733. The molecule has 2 aromatic rings. The lowest BCUT2D eigenvalue weighted by atomic mass is 10.1. The Bertz CT molecular complexity index is 887. The Labute approximate surface area is 170 Å². The number of carbonyl (C=O) groups excluding carboxylic acids is 3. The second-order valence-electron chi connectivity index (χ2n) is 7.07. The van der Waals surface area contributed by atoms with Crippen molar-refractivity contribution < 1.29 is 14.4 Å². The molecule has 0 radical (unpaired) electrons. The molecule has 1 saturated heterocycles. The van der Waals surface area contributed by atoms with Crippen LogP contribution in [0.15, 0.2) is 48.5 Å². The molecule has 2 aromatic carbocycles. The van der Waals surface area contributed by atoms with Crippen molar-refractivity contribution in [2.45, 2.75) is 6.92 Å². The molecule has 1 heterocycles. The van der Waals surface area contributed by atoms with Crippen LogP contribution in [0.3, 0.4) is 0 Å². The lowest BCUT2D eigenvalue weighted by Crippen LogP contribution is -2.48. The van der Waals surface area contributed by atoms with Crippen LogP contribution in [-0.4, -0.2) is 62.3 Å². The second kappa shape index (κ2) is 9.34. The second-order valence-corrected chi connectivity index (χ2v) is 7.07. The van der Waals surface area contributed by atoms with Crippen molar-refractivity contribution in [3.05, 3.63) is 59.7 Å². The van der Waals surface area contributed by atoms with Gasteiger partial charge in [-0.3, -0.25) is 19.3 Å². The Morgan fingerprint density at radius 1 is 0.931 bits per heavy atom. The summed E-state index contributed by atoms with van der Waals surface area (Å²) in [5.74, 6) is -0.222. The first-order valence-corrected chi connectivity index (χ1v) is 9.66. The number of piperazine rings is 1. The third kappa shape index (κ3) is 5.42. The molecule has 152 valence electrons. The van der Waals surface area contributed by atoms with Gasteiger partial charge < -0.3 is 15.5 Å². The van der Waals surface area contributed by atoms with E-state index in [4.69, 9.17) is 0 Å². The van der Waals surface area contributed by atoms with E-state index >= 15 is 0 Å². The summed E-state index contributed by atoms with van der Waals surface area (Å²) in [6, 6.07) is 14.5. The summed E-state index contributed by atoms with van der Waals surface area (Å²) in [5.41, 5.74) is 2.92. The molecule has 3 rings (SSSR count). The third-order valence-corrected chi connectivity index (χ3v) is 5.01. The first-order valence-electron chi connectivity index (χ1n) is 9.66. The van der Waals surface area contributed by atoms with E-state index in [-0.39, 0.29) is 17.6 Å². The van der Waals surface area contributed by atoms with Crippen molar-refractivity contribution in [1.82, 2.24) is 10.2 Å². The molecule has 2 amide bonds. The fourth-order valence-corrected chi connectivity index (χ4v) is 3.36. The maximum atomic E-state index is 12.4. The largest absolute Gasteiger partial charge is 0.369 e. The molecule has 0 bridgehead atoms. The molecule has 7 nitrogen and oxygen atoms in total. The highest BCUT2D eigenvalue weighted by atomic mass is 16.2. The van der Waals surface area contributed by atoms with Gasteiger partial charge in [-0.25, -0.2) is 0 Å². The maximum Gasteiger partial charge on any atom is 0.251 e. The van der Waals surface area contributed by atoms with Gasteiger partial charge in [-0.1, -0.05) is 6.07 Å². The molecule has 0 spiro atoms. The van der Waals surface area contributed by atoms with Crippen LogP contribution < -0.4 is 15.5 Å². The molecule has 1 fully saturated rings. The van der Waals surface area contributed by atoms with E-state index in [0.29, 0.717) is 23.4 Å². The zero-order valence-electron chi connectivity index (χ0n) is 16.8. The number of hydrogen-bond acceptors (Lipinski definition) is 5. The summed E-state index contributed by atoms with van der Waals surface area (Å²) >= 11 is 0. The molecule has 1 aliphatic heterocycles. The van der Waals surface area contributed by atoms with Crippen molar-refractivity contribution in [3.63, 3.8) is 0 Å². The number of ketones is 1. The van der Waals surface area contributed by atoms with E-state index in [1.165, 1.54) is 0 Å². The van der Waals surface area contributed by atoms with Crippen LogP contribution in [0.1, 0.15) is 27.6 Å². The topological polar surface area (TPSA) is 81.8 Å². The van der Waals surface area contributed by atoms with Crippen LogP contribution in [0.2, 0.25) is 0 Å². The Morgan fingerprint density at radius 2 is 1.62 bits per heavy atom. The number of benzene rings is 2. The van der Waals surface area contributed by atoms with Crippen molar-refractivity contribution in [3.8, 4) is 0 Å². The molecule has 7 heteroatoms. The molecule has 2 N–H and O–H groups in total. The number of carbonyl (C=O) groups is 3. The Balaban J connectivity index is 1.49. The van der Waals surface area contributed by atoms with E-state index in [1.54, 1.807) is 38.2 Å². The minimum atomic E-state index is -0.187. The number of nitrogens with one attached hydrogen (secondary N) is 2. The van der Waals surface area contributed by atoms with Gasteiger partial charge in [0.2, 0.25) is 5.91 Å². The van der Waals surface area contributed by atoms with Gasteiger partial charge in [0.05, 0.1) is 6.54 Å². The van der Waals surface area contributed by atoms with Crippen molar-refractivity contribution in [2.24, 2.45) is 0 Å². The Kier molecular flexibility index (Phi) is 6.61. The number of nitrogens with zero attached hydrogens (tertiary/aromatic N) is 2. The van der Waals surface area contributed by atoms with E-state index in [9.17, 15) is 14.4 Å². The molecular weight excluding hydrogens is 368 g/mol. The lowest BCUT2D eigenvalue weighted by Gasteiger charge is -2.35. The molecule has 1 aliphatic rings. The number of Topliss-reactive ketones (excluding diaryl/α,β-unsaturated/α-hetero) is 1. The molecule has 0 atom stereocenters. The average molecular weight is 394 g/mol. The van der Waals surface area contributed by atoms with Gasteiger partial charge in [-0.05, 0) is 49.4 Å². The van der Waals surface area contributed by atoms with E-state index in [1.807, 2.05) is 24.3 Å². The Morgan fingerprint density at radius 3 is 2.24 bits per heavy atom. The normalized spacial score (nSPS) is 14.3. The summed E-state index contributed by atoms with van der Waals surface area (Å²) in [5, 5.41) is 5.43. The zero-order chi connectivity index (χ0) is 20.8. The summed E-state index contributed by atoms with van der Waals surface area (Å²) < 4.78 is 0. The van der Waals surface area contributed by atoms with Crippen molar-refractivity contribution in [2.75, 3.05) is 50.0 Å². The van der Waals surface area contributed by atoms with Crippen LogP contribution in [-0.2, 0) is 4.79 Å². The highest BCUT2D eigenvalue weighted by Gasteiger charge is 2.19. The number of amides is 2. The van der Waals surface area contributed by atoms with Crippen LogP contribution in [0.5, 0.6) is 0 Å². The summed E-state index contributed by atoms with van der Waals surface area (Å²) in [7, 11) is 1.57. The Hall–Kier alpha value is -3.19. The third-order valence-electron chi connectivity index (χ3n) is 5.01. The van der Waals surface area contributed by atoms with Crippen LogP contribution in [0, 0.1) is 0 Å². The smallest absolute Gasteiger partial charge is 0.251 e. The van der Waals surface area contributed by atoms with E-state index in [2.05, 4.69) is 20.4 Å². The van der Waals surface area contributed by atoms with Crippen molar-refractivity contribution in [1.29, 1.82) is 0 Å². The molecule has 0 saturated carbocycles. The van der Waals surface area contributed by atoms with Gasteiger partial charge in [0.1, 0.15) is 0 Å². The maximum absolute atomic E-state index is 12.4. The standard InChI is InChI=1S/C22H26N4O3/c1-16(27)17-6-8-20(9-7-17)26-12-10-25(11-13-26)15-21(28)24-19-5-3-4-18(14-19)22(29)23-2/h3-9,14H,10-13,15H2,1-2H3,(H,23,29)(H,24,28). The van der Waals surface area contributed by atoms with Crippen LogP contribution in [0.4, 0.5) is 11.4 Å². The lowest BCUT2D eigenvalue weighted by molar-refractivity contribution is -0.117. The van der Waals surface area contributed by atoms with Gasteiger partial charge in [0, 0.05) is 55.7 Å². The summed E-state index contributed by atoms with van der Waals surface area (Å²) in [4.78, 5) is 39.9. The highest BCUT2D eigenvalue weighted by Crippen LogP contribution is 2.18. The van der Waals surface area contributed by atoms with Gasteiger partial charge >= 0.3 is 0 Å². The first-order chi connectivity index (χ1) is 14.0. The minimum absolute atomic E-state index is 0.0632. The molecule has 29 heavy (non-hydrogen) atoms. The summed E-state index contributed by atoms with van der Waals surface area (Å²) in [6.07, 6.45) is 0. The van der Waals surface area contributed by atoms with Gasteiger partial charge in [-0.15, -0.1) is 0 Å². The fourth-order valence-electron chi connectivity index (χ4n) is 3.36. The molecule has 0 aliphatic carbocycles. The predicted octanol–water partition coefficient (Wildman–Crippen LogP) is 2.01. The SMILES string of the molecule is CNC(=O)c1cccc(NC(=O)CN2CCN(c3ccc(C(C)=O)cc3)CC2)c1. The summed E-state index contributed by atoms with van der Waals surface area (Å²) in [6.45, 7) is 5.06. The monoisotopic (exact) mass is 394 g/mol. The van der Waals surface area contributed by atoms with Gasteiger partial charge in [-0.2, -0.15) is 0 Å². The predicted molar refractivity (Wildman–Crippen MR) is 114 cm³/mol. The number of rotatable bonds is 6. The molecule has 0 aromatic heterocycles. The van der Waals surface area contributed by atoms with E-state index < -0.39 is 0 Å². The van der Waals surface area contributed by atoms with Crippen LogP contribution in [0.25, 0.3) is 0 Å². The van der Waals surface area contributed by atoms with E-state index in [0.717, 1.165) is 31.9 Å². The molecule has 0 unspecified atom stereocenters. The van der Waals surface area contributed by atoms with Crippen LogP contribution >= 0.6 is 0 Å². The fraction of sp³-hybridized carbons (Fsp3) is 0.318. The average Bonchev–Trinajstić information content (AvgIpc) is 2.74. The first kappa shape index (κ1) is 20.5. The van der Waals surface area contributed by atoms with Gasteiger partial charge in [0.25, 0.3) is 5.91 Å².